The summed E-state index contributed by atoms with van der Waals surface area (Å²) in [5, 5.41) is 2.77. The topological polar surface area (TPSA) is 64.4 Å². The molecule has 1 aliphatic heterocycles. The third kappa shape index (κ3) is 3.57. The van der Waals surface area contributed by atoms with Crippen LogP contribution in [0.1, 0.15) is 37.8 Å². The molecule has 6 heteroatoms. The number of benzene rings is 1. The highest BCUT2D eigenvalue weighted by atomic mass is 19.1. The second kappa shape index (κ2) is 6.49. The van der Waals surface area contributed by atoms with Crippen molar-refractivity contribution in [1.82, 2.24) is 5.32 Å². The van der Waals surface area contributed by atoms with Crippen molar-refractivity contribution < 1.29 is 18.3 Å². The molecule has 1 atom stereocenters. The van der Waals surface area contributed by atoms with Gasteiger partial charge in [0.2, 0.25) is 5.91 Å². The smallest absolute Gasteiger partial charge is 0.240 e. The molecular weight excluding hydrogens is 278 g/mol. The second-order valence-corrected chi connectivity index (χ2v) is 5.37. The van der Waals surface area contributed by atoms with Gasteiger partial charge in [0.15, 0.2) is 0 Å². The van der Waals surface area contributed by atoms with Gasteiger partial charge in [0.1, 0.15) is 11.6 Å². The Bertz CT molecular complexity index is 516. The predicted molar refractivity (Wildman–Crippen MR) is 74.5 cm³/mol. The highest BCUT2D eigenvalue weighted by molar-refractivity contribution is 5.86. The molecule has 116 valence electrons. The molecule has 0 spiro atoms. The number of rotatable bonds is 4. The normalized spacial score (nSPS) is 19.0. The van der Waals surface area contributed by atoms with Gasteiger partial charge in [-0.15, -0.1) is 0 Å². The molecule has 1 aromatic rings. The summed E-state index contributed by atoms with van der Waals surface area (Å²) in [6.07, 6.45) is 1.35. The fourth-order valence-electron chi connectivity index (χ4n) is 2.45. The quantitative estimate of drug-likeness (QED) is 0.894. The van der Waals surface area contributed by atoms with Crippen molar-refractivity contribution in [2.75, 3.05) is 13.2 Å². The van der Waals surface area contributed by atoms with Gasteiger partial charge < -0.3 is 15.8 Å². The van der Waals surface area contributed by atoms with Crippen LogP contribution < -0.4 is 11.1 Å². The van der Waals surface area contributed by atoms with E-state index in [0.29, 0.717) is 32.5 Å². The van der Waals surface area contributed by atoms with Crippen LogP contribution in [0.15, 0.2) is 18.2 Å². The third-order valence-electron chi connectivity index (χ3n) is 3.89. The fraction of sp³-hybridized carbons (Fsp3) is 0.533. The minimum atomic E-state index is -0.984. The Morgan fingerprint density at radius 3 is 2.67 bits per heavy atom. The maximum atomic E-state index is 13.8. The van der Waals surface area contributed by atoms with E-state index in [0.717, 1.165) is 6.07 Å². The summed E-state index contributed by atoms with van der Waals surface area (Å²) in [6.45, 7) is 2.69. The molecule has 0 radical (unpaired) electrons. The Labute approximate surface area is 122 Å². The van der Waals surface area contributed by atoms with E-state index in [-0.39, 0.29) is 11.5 Å². The standard InChI is InChI=1S/C15H20F2N2O2/c1-2-13(11-4-3-10(16)9-12(11)17)19-14(20)15(18)5-7-21-8-6-15/h3-4,9,13H,2,5-8,18H2,1H3,(H,19,20). The summed E-state index contributed by atoms with van der Waals surface area (Å²) in [5.41, 5.74) is 5.38. The maximum absolute atomic E-state index is 13.8. The highest BCUT2D eigenvalue weighted by Crippen LogP contribution is 2.24. The van der Waals surface area contributed by atoms with Crippen LogP contribution in [0.4, 0.5) is 8.78 Å². The Hall–Kier alpha value is -1.53. The molecule has 4 nitrogen and oxygen atoms in total. The zero-order chi connectivity index (χ0) is 15.5. The largest absolute Gasteiger partial charge is 0.381 e. The number of hydrogen-bond acceptors (Lipinski definition) is 3. The van der Waals surface area contributed by atoms with Gasteiger partial charge in [0.05, 0.1) is 11.6 Å². The minimum absolute atomic E-state index is 0.267. The van der Waals surface area contributed by atoms with Gasteiger partial charge >= 0.3 is 0 Å². The average Bonchev–Trinajstić information content (AvgIpc) is 2.46. The lowest BCUT2D eigenvalue weighted by molar-refractivity contribution is -0.130. The lowest BCUT2D eigenvalue weighted by Gasteiger charge is -2.33. The van der Waals surface area contributed by atoms with Gasteiger partial charge in [0.25, 0.3) is 0 Å². The molecule has 1 aromatic carbocycles. The van der Waals surface area contributed by atoms with Crippen LogP contribution in [0.25, 0.3) is 0 Å². The SMILES string of the molecule is CCC(NC(=O)C1(N)CCOCC1)c1ccc(F)cc1F. The van der Waals surface area contributed by atoms with Crippen LogP contribution in [-0.4, -0.2) is 24.7 Å². The number of nitrogens with one attached hydrogen (secondary N) is 1. The number of carbonyl (C=O) groups excluding carboxylic acids is 1. The fourth-order valence-corrected chi connectivity index (χ4v) is 2.45. The zero-order valence-corrected chi connectivity index (χ0v) is 12.0. The molecule has 1 saturated heterocycles. The first-order valence-corrected chi connectivity index (χ1v) is 7.09. The van der Waals surface area contributed by atoms with Gasteiger partial charge in [-0.3, -0.25) is 4.79 Å². The van der Waals surface area contributed by atoms with Gasteiger partial charge in [0, 0.05) is 24.8 Å². The molecule has 0 aliphatic carbocycles. The predicted octanol–water partition coefficient (Wildman–Crippen LogP) is 2.04. The van der Waals surface area contributed by atoms with Crippen LogP contribution in [0.5, 0.6) is 0 Å². The van der Waals surface area contributed by atoms with Gasteiger partial charge in [-0.2, -0.15) is 0 Å². The molecule has 0 aromatic heterocycles. The second-order valence-electron chi connectivity index (χ2n) is 5.37. The Kier molecular flexibility index (Phi) is 4.90. The van der Waals surface area contributed by atoms with E-state index in [9.17, 15) is 13.6 Å². The van der Waals surface area contributed by atoms with E-state index in [1.807, 2.05) is 6.92 Å². The van der Waals surface area contributed by atoms with Crippen LogP contribution >= 0.6 is 0 Å². The highest BCUT2D eigenvalue weighted by Gasteiger charge is 2.37. The van der Waals surface area contributed by atoms with E-state index in [1.54, 1.807) is 0 Å². The van der Waals surface area contributed by atoms with Crippen molar-refractivity contribution in [3.8, 4) is 0 Å². The van der Waals surface area contributed by atoms with Crippen molar-refractivity contribution >= 4 is 5.91 Å². The number of hydrogen-bond donors (Lipinski definition) is 2. The molecule has 0 saturated carbocycles. The molecule has 1 fully saturated rings. The average molecular weight is 298 g/mol. The summed E-state index contributed by atoms with van der Waals surface area (Å²) >= 11 is 0. The summed E-state index contributed by atoms with van der Waals surface area (Å²) in [5.74, 6) is -1.63. The summed E-state index contributed by atoms with van der Waals surface area (Å²) in [7, 11) is 0. The molecule has 3 N–H and O–H groups in total. The molecule has 2 rings (SSSR count). The minimum Gasteiger partial charge on any atom is -0.381 e. The number of ether oxygens (including phenoxy) is 1. The number of carbonyl (C=O) groups is 1. The van der Waals surface area contributed by atoms with E-state index in [2.05, 4.69) is 5.32 Å². The van der Waals surface area contributed by atoms with Crippen LogP contribution in [0.3, 0.4) is 0 Å². The Balaban J connectivity index is 2.13. The molecule has 1 unspecified atom stereocenters. The van der Waals surface area contributed by atoms with E-state index < -0.39 is 23.2 Å². The first kappa shape index (κ1) is 15.9. The summed E-state index contributed by atoms with van der Waals surface area (Å²) in [4.78, 5) is 12.4. The van der Waals surface area contributed by atoms with Crippen molar-refractivity contribution in [3.63, 3.8) is 0 Å². The molecule has 1 amide bonds. The number of nitrogens with two attached hydrogens (primary N) is 1. The van der Waals surface area contributed by atoms with Gasteiger partial charge in [-0.25, -0.2) is 8.78 Å². The first-order valence-electron chi connectivity index (χ1n) is 7.09. The lowest BCUT2D eigenvalue weighted by Crippen LogP contribution is -2.57. The van der Waals surface area contributed by atoms with Crippen molar-refractivity contribution in [1.29, 1.82) is 0 Å². The molecule has 1 heterocycles. The van der Waals surface area contributed by atoms with E-state index in [4.69, 9.17) is 10.5 Å². The van der Waals surface area contributed by atoms with Crippen LogP contribution in [0.2, 0.25) is 0 Å². The van der Waals surface area contributed by atoms with Gasteiger partial charge in [-0.1, -0.05) is 13.0 Å². The summed E-state index contributed by atoms with van der Waals surface area (Å²) < 4.78 is 32.0. The number of halogens is 2. The number of amides is 1. The first-order chi connectivity index (χ1) is 9.96. The van der Waals surface area contributed by atoms with Crippen LogP contribution in [-0.2, 0) is 9.53 Å². The van der Waals surface area contributed by atoms with Crippen LogP contribution in [0, 0.1) is 11.6 Å². The summed E-state index contributed by atoms with van der Waals surface area (Å²) in [6, 6.07) is 2.82. The van der Waals surface area contributed by atoms with Crippen molar-refractivity contribution in [2.45, 2.75) is 37.8 Å². The molecule has 1 aliphatic rings. The monoisotopic (exact) mass is 298 g/mol. The van der Waals surface area contributed by atoms with E-state index in [1.165, 1.54) is 12.1 Å². The molecular formula is C15H20F2N2O2. The zero-order valence-electron chi connectivity index (χ0n) is 12.0. The lowest BCUT2D eigenvalue weighted by atomic mass is 9.89. The van der Waals surface area contributed by atoms with Crippen molar-refractivity contribution in [3.05, 3.63) is 35.4 Å². The van der Waals surface area contributed by atoms with Gasteiger partial charge in [-0.05, 0) is 25.3 Å². The Morgan fingerprint density at radius 1 is 1.43 bits per heavy atom. The third-order valence-corrected chi connectivity index (χ3v) is 3.89. The molecule has 21 heavy (non-hydrogen) atoms. The van der Waals surface area contributed by atoms with Crippen molar-refractivity contribution in [2.24, 2.45) is 5.73 Å². The maximum Gasteiger partial charge on any atom is 0.240 e. The Morgan fingerprint density at radius 2 is 2.10 bits per heavy atom. The molecule has 0 bridgehead atoms. The van der Waals surface area contributed by atoms with E-state index >= 15 is 0 Å².